The summed E-state index contributed by atoms with van der Waals surface area (Å²) in [6.45, 7) is 8.68. The number of carbonyl (C=O) groups excluding carboxylic acids is 2. The molecule has 0 saturated heterocycles. The molecule has 0 aromatic heterocycles. The number of aryl methyl sites for hydroxylation is 1. The van der Waals surface area contributed by atoms with Crippen molar-refractivity contribution in [3.05, 3.63) is 64.4 Å². The van der Waals surface area contributed by atoms with E-state index >= 15 is 0 Å². The van der Waals surface area contributed by atoms with Crippen LogP contribution < -0.4 is 10.1 Å². The highest BCUT2D eigenvalue weighted by molar-refractivity contribution is 6.31. The number of halogens is 2. The van der Waals surface area contributed by atoms with Gasteiger partial charge >= 0.3 is 0 Å². The highest BCUT2D eigenvalue weighted by Gasteiger charge is 2.29. The van der Waals surface area contributed by atoms with E-state index in [1.165, 1.54) is 11.0 Å². The SMILES string of the molecule is Cc1cc(OCC(=O)N(Cc2ccccc2F)[C@@H](C)C(=O)NC(C)(C)C)ccc1Cl. The van der Waals surface area contributed by atoms with Crippen LogP contribution in [0.15, 0.2) is 42.5 Å². The first kappa shape index (κ1) is 23.7. The number of carbonyl (C=O) groups is 2. The molecule has 2 amide bonds. The Balaban J connectivity index is 2.20. The van der Waals surface area contributed by atoms with Crippen molar-refractivity contribution >= 4 is 23.4 Å². The van der Waals surface area contributed by atoms with Crippen molar-refractivity contribution in [3.63, 3.8) is 0 Å². The first-order valence-electron chi connectivity index (χ1n) is 9.72. The number of nitrogens with one attached hydrogen (secondary N) is 1. The topological polar surface area (TPSA) is 58.6 Å². The normalized spacial score (nSPS) is 12.2. The van der Waals surface area contributed by atoms with E-state index in [-0.39, 0.29) is 19.1 Å². The zero-order chi connectivity index (χ0) is 22.5. The van der Waals surface area contributed by atoms with Gasteiger partial charge in [-0.25, -0.2) is 4.39 Å². The maximum Gasteiger partial charge on any atom is 0.261 e. The van der Waals surface area contributed by atoms with Crippen molar-refractivity contribution in [2.75, 3.05) is 6.61 Å². The molecule has 0 aliphatic carbocycles. The number of benzene rings is 2. The fourth-order valence-electron chi connectivity index (χ4n) is 2.80. The number of ether oxygens (including phenoxy) is 1. The summed E-state index contributed by atoms with van der Waals surface area (Å²) in [7, 11) is 0. The standard InChI is InChI=1S/C23H28ClFN2O3/c1-15-12-18(10-11-19(15)24)30-14-21(28)27(13-17-8-6-7-9-20(17)25)16(2)22(29)26-23(3,4)5/h6-12,16H,13-14H2,1-5H3,(H,26,29)/t16-/m0/s1. The molecule has 2 rings (SSSR count). The van der Waals surface area contributed by atoms with Gasteiger partial charge in [-0.15, -0.1) is 0 Å². The van der Waals surface area contributed by atoms with Crippen LogP contribution in [0.25, 0.3) is 0 Å². The molecule has 0 saturated carbocycles. The summed E-state index contributed by atoms with van der Waals surface area (Å²) in [5.74, 6) is -0.701. The summed E-state index contributed by atoms with van der Waals surface area (Å²) >= 11 is 6.02. The van der Waals surface area contributed by atoms with Gasteiger partial charge in [-0.2, -0.15) is 0 Å². The molecule has 162 valence electrons. The minimum Gasteiger partial charge on any atom is -0.484 e. The number of nitrogens with zero attached hydrogens (tertiary/aromatic N) is 1. The predicted molar refractivity (Wildman–Crippen MR) is 116 cm³/mol. The smallest absolute Gasteiger partial charge is 0.261 e. The molecule has 7 heteroatoms. The zero-order valence-corrected chi connectivity index (χ0v) is 18.7. The highest BCUT2D eigenvalue weighted by atomic mass is 35.5. The van der Waals surface area contributed by atoms with Gasteiger partial charge < -0.3 is 15.0 Å². The van der Waals surface area contributed by atoms with E-state index in [2.05, 4.69) is 5.32 Å². The molecule has 1 N–H and O–H groups in total. The molecule has 2 aromatic rings. The van der Waals surface area contributed by atoms with E-state index in [0.29, 0.717) is 16.3 Å². The summed E-state index contributed by atoms with van der Waals surface area (Å²) in [4.78, 5) is 27.0. The van der Waals surface area contributed by atoms with E-state index in [4.69, 9.17) is 16.3 Å². The molecule has 1 atom stereocenters. The molecule has 0 bridgehead atoms. The molecule has 30 heavy (non-hydrogen) atoms. The van der Waals surface area contributed by atoms with Gasteiger partial charge in [0.1, 0.15) is 17.6 Å². The molecule has 0 heterocycles. The number of hydrogen-bond acceptors (Lipinski definition) is 3. The molecule has 0 spiro atoms. The summed E-state index contributed by atoms with van der Waals surface area (Å²) in [5, 5.41) is 3.46. The second-order valence-corrected chi connectivity index (χ2v) is 8.64. The van der Waals surface area contributed by atoms with Crippen LogP contribution in [0.1, 0.15) is 38.8 Å². The minimum atomic E-state index is -0.813. The molecule has 0 aliphatic rings. The number of hydrogen-bond donors (Lipinski definition) is 1. The number of amides is 2. The van der Waals surface area contributed by atoms with Crippen LogP contribution >= 0.6 is 11.6 Å². The Morgan fingerprint density at radius 3 is 2.47 bits per heavy atom. The van der Waals surface area contributed by atoms with Gasteiger partial charge in [0, 0.05) is 22.7 Å². The van der Waals surface area contributed by atoms with Crippen molar-refractivity contribution in [1.82, 2.24) is 10.2 Å². The molecule has 2 aromatic carbocycles. The lowest BCUT2D eigenvalue weighted by atomic mass is 10.1. The quantitative estimate of drug-likeness (QED) is 0.698. The Morgan fingerprint density at radius 2 is 1.87 bits per heavy atom. The lowest BCUT2D eigenvalue weighted by Crippen LogP contribution is -2.53. The van der Waals surface area contributed by atoms with Crippen molar-refractivity contribution in [2.24, 2.45) is 0 Å². The van der Waals surface area contributed by atoms with E-state index in [0.717, 1.165) is 5.56 Å². The van der Waals surface area contributed by atoms with Crippen LogP contribution in [-0.4, -0.2) is 34.9 Å². The molecule has 0 fully saturated rings. The fraction of sp³-hybridized carbons (Fsp3) is 0.391. The predicted octanol–water partition coefficient (Wildman–Crippen LogP) is 4.50. The summed E-state index contributed by atoms with van der Waals surface area (Å²) in [5.41, 5.74) is 0.682. The maximum absolute atomic E-state index is 14.2. The van der Waals surface area contributed by atoms with Crippen LogP contribution in [0.5, 0.6) is 5.75 Å². The van der Waals surface area contributed by atoms with Gasteiger partial charge in [0.15, 0.2) is 6.61 Å². The maximum atomic E-state index is 14.2. The second kappa shape index (κ2) is 9.94. The van der Waals surface area contributed by atoms with E-state index in [9.17, 15) is 14.0 Å². The summed E-state index contributed by atoms with van der Waals surface area (Å²) < 4.78 is 19.8. The second-order valence-electron chi connectivity index (χ2n) is 8.23. The monoisotopic (exact) mass is 434 g/mol. The van der Waals surface area contributed by atoms with Crippen molar-refractivity contribution in [2.45, 2.75) is 52.7 Å². The Labute approximate surface area is 182 Å². The van der Waals surface area contributed by atoms with Crippen molar-refractivity contribution in [3.8, 4) is 5.75 Å². The summed E-state index contributed by atoms with van der Waals surface area (Å²) in [6.07, 6.45) is 0. The fourth-order valence-corrected chi connectivity index (χ4v) is 2.92. The van der Waals surface area contributed by atoms with E-state index in [1.807, 2.05) is 27.7 Å². The third kappa shape index (κ3) is 6.73. The average molecular weight is 435 g/mol. The van der Waals surface area contributed by atoms with E-state index in [1.54, 1.807) is 43.3 Å². The zero-order valence-electron chi connectivity index (χ0n) is 18.0. The van der Waals surface area contributed by atoms with Gasteiger partial charge in [0.2, 0.25) is 5.91 Å². The molecule has 0 unspecified atom stereocenters. The minimum absolute atomic E-state index is 0.0484. The lowest BCUT2D eigenvalue weighted by Gasteiger charge is -2.31. The van der Waals surface area contributed by atoms with E-state index < -0.39 is 23.3 Å². The lowest BCUT2D eigenvalue weighted by molar-refractivity contribution is -0.142. The van der Waals surface area contributed by atoms with Crippen LogP contribution in [-0.2, 0) is 16.1 Å². The van der Waals surface area contributed by atoms with Crippen LogP contribution in [0.4, 0.5) is 4.39 Å². The average Bonchev–Trinajstić information content (AvgIpc) is 2.66. The molecule has 0 radical (unpaired) electrons. The van der Waals surface area contributed by atoms with Crippen LogP contribution in [0, 0.1) is 12.7 Å². The van der Waals surface area contributed by atoms with Gasteiger partial charge in [0.25, 0.3) is 5.91 Å². The Bertz CT molecular complexity index is 912. The van der Waals surface area contributed by atoms with Crippen LogP contribution in [0.3, 0.4) is 0 Å². The van der Waals surface area contributed by atoms with Crippen molar-refractivity contribution < 1.29 is 18.7 Å². The highest BCUT2D eigenvalue weighted by Crippen LogP contribution is 2.21. The molecular weight excluding hydrogens is 407 g/mol. The molecule has 0 aliphatic heterocycles. The Kier molecular flexibility index (Phi) is 7.84. The summed E-state index contributed by atoms with van der Waals surface area (Å²) in [6, 6.07) is 10.4. The molecule has 5 nitrogen and oxygen atoms in total. The first-order valence-corrected chi connectivity index (χ1v) is 10.1. The third-order valence-electron chi connectivity index (χ3n) is 4.46. The Morgan fingerprint density at radius 1 is 1.20 bits per heavy atom. The Hall–Kier alpha value is -2.60. The first-order chi connectivity index (χ1) is 14.0. The van der Waals surface area contributed by atoms with Gasteiger partial charge in [0.05, 0.1) is 0 Å². The molecular formula is C23H28ClFN2O3. The van der Waals surface area contributed by atoms with Crippen LogP contribution in [0.2, 0.25) is 5.02 Å². The largest absolute Gasteiger partial charge is 0.484 e. The van der Waals surface area contributed by atoms with Gasteiger partial charge in [-0.1, -0.05) is 29.8 Å². The van der Waals surface area contributed by atoms with Gasteiger partial charge in [-0.05, 0) is 64.4 Å². The third-order valence-corrected chi connectivity index (χ3v) is 4.88. The number of rotatable bonds is 7. The van der Waals surface area contributed by atoms with Gasteiger partial charge in [-0.3, -0.25) is 9.59 Å². The van der Waals surface area contributed by atoms with Crippen molar-refractivity contribution in [1.29, 1.82) is 0 Å².